The average Bonchev–Trinajstić information content (AvgIpc) is 2.08. The summed E-state index contributed by atoms with van der Waals surface area (Å²) in [5, 5.41) is 15.3. The number of rotatable bonds is 3. The minimum Gasteiger partial charge on any atom is -0.397 e. The second-order valence-corrected chi connectivity index (χ2v) is 2.18. The van der Waals surface area contributed by atoms with E-state index in [1.807, 2.05) is 0 Å². The monoisotopic (exact) mass is 179 g/mol. The van der Waals surface area contributed by atoms with Crippen molar-refractivity contribution < 1.29 is 10.2 Å². The molecule has 0 radical (unpaired) electrons. The highest BCUT2D eigenvalue weighted by Gasteiger charge is 1.68. The van der Waals surface area contributed by atoms with E-state index in [1.54, 1.807) is 6.92 Å². The van der Waals surface area contributed by atoms with Gasteiger partial charge in [0.05, 0.1) is 6.61 Å². The molecule has 0 aromatic carbocycles. The van der Waals surface area contributed by atoms with Crippen LogP contribution < -0.4 is 5.73 Å². The maximum absolute atomic E-state index is 7.75. The van der Waals surface area contributed by atoms with Crippen molar-refractivity contribution in [3.8, 4) is 0 Å². The molecule has 3 heteroatoms. The van der Waals surface area contributed by atoms with Gasteiger partial charge in [-0.1, -0.05) is 33.1 Å². The van der Waals surface area contributed by atoms with E-state index in [9.17, 15) is 0 Å². The van der Waals surface area contributed by atoms with Crippen LogP contribution in [0.5, 0.6) is 0 Å². The van der Waals surface area contributed by atoms with Gasteiger partial charge in [-0.3, -0.25) is 0 Å². The number of hydrogen-bond donors (Lipinski definition) is 3. The number of unbranched alkanes of at least 4 members (excludes halogenated alkanes) is 2. The highest BCUT2D eigenvalue weighted by molar-refractivity contribution is 4.24. The van der Waals surface area contributed by atoms with E-state index in [1.165, 1.54) is 19.3 Å². The molecule has 12 heavy (non-hydrogen) atoms. The predicted molar refractivity (Wildman–Crippen MR) is 54.1 cm³/mol. The lowest BCUT2D eigenvalue weighted by molar-refractivity contribution is 0.306. The molecule has 0 aromatic rings. The molecular formula is C9H25NO2. The molecule has 78 valence electrons. The summed E-state index contributed by atoms with van der Waals surface area (Å²) in [6.45, 7) is 6.83. The van der Waals surface area contributed by atoms with E-state index in [0.29, 0.717) is 6.54 Å². The summed E-state index contributed by atoms with van der Waals surface area (Å²) in [6, 6.07) is 0. The summed E-state index contributed by atoms with van der Waals surface area (Å²) in [4.78, 5) is 0. The van der Waals surface area contributed by atoms with Crippen LogP contribution in [0.3, 0.4) is 0 Å². The van der Waals surface area contributed by atoms with Crippen molar-refractivity contribution >= 4 is 0 Å². The second kappa shape index (κ2) is 30.7. The first-order valence-corrected chi connectivity index (χ1v) is 4.66. The highest BCUT2D eigenvalue weighted by Crippen LogP contribution is 1.88. The van der Waals surface area contributed by atoms with E-state index < -0.39 is 0 Å². The van der Waals surface area contributed by atoms with Gasteiger partial charge in [-0.2, -0.15) is 0 Å². The van der Waals surface area contributed by atoms with Gasteiger partial charge < -0.3 is 15.9 Å². The topological polar surface area (TPSA) is 66.5 Å². The van der Waals surface area contributed by atoms with Gasteiger partial charge in [0.25, 0.3) is 0 Å². The summed E-state index contributed by atoms with van der Waals surface area (Å²) in [7, 11) is 0. The van der Waals surface area contributed by atoms with E-state index in [-0.39, 0.29) is 13.2 Å². The lowest BCUT2D eigenvalue weighted by Crippen LogP contribution is -2.02. The summed E-state index contributed by atoms with van der Waals surface area (Å²) >= 11 is 0. The fraction of sp³-hybridized carbons (Fsp3) is 1.00. The van der Waals surface area contributed by atoms with Crippen LogP contribution in [0, 0.1) is 0 Å². The Hall–Kier alpha value is -0.120. The van der Waals surface area contributed by atoms with Crippen molar-refractivity contribution in [3.05, 3.63) is 0 Å². The summed E-state index contributed by atoms with van der Waals surface area (Å²) in [5.74, 6) is 0. The Balaban J connectivity index is -0.000000105. The van der Waals surface area contributed by atoms with Crippen LogP contribution in [-0.2, 0) is 0 Å². The van der Waals surface area contributed by atoms with Crippen LogP contribution in [0.25, 0.3) is 0 Å². The second-order valence-electron chi connectivity index (χ2n) is 2.18. The van der Waals surface area contributed by atoms with Gasteiger partial charge in [0.1, 0.15) is 0 Å². The third-order valence-corrected chi connectivity index (χ3v) is 0.836. The quantitative estimate of drug-likeness (QED) is 0.608. The molecule has 0 rings (SSSR count). The first-order chi connectivity index (χ1) is 5.74. The minimum absolute atomic E-state index is 0.0972. The fourth-order valence-corrected chi connectivity index (χ4v) is 0.354. The molecule has 0 aliphatic carbocycles. The Bertz CT molecular complexity index is 39.5. The Morgan fingerprint density at radius 1 is 1.00 bits per heavy atom. The number of hydrogen-bond acceptors (Lipinski definition) is 3. The first-order valence-electron chi connectivity index (χ1n) is 4.66. The van der Waals surface area contributed by atoms with Gasteiger partial charge in [-0.15, -0.1) is 0 Å². The molecule has 0 aliphatic heterocycles. The van der Waals surface area contributed by atoms with Gasteiger partial charge >= 0.3 is 0 Å². The van der Waals surface area contributed by atoms with Gasteiger partial charge in [0.15, 0.2) is 0 Å². The third-order valence-electron chi connectivity index (χ3n) is 0.836. The van der Waals surface area contributed by atoms with Gasteiger partial charge in [0.2, 0.25) is 0 Å². The number of aliphatic hydroxyl groups is 2. The zero-order chi connectivity index (χ0) is 10.2. The van der Waals surface area contributed by atoms with Crippen LogP contribution in [0.2, 0.25) is 0 Å². The molecule has 0 heterocycles. The maximum Gasteiger partial charge on any atom is 0.0553 e. The van der Waals surface area contributed by atoms with Crippen LogP contribution in [0.4, 0.5) is 0 Å². The maximum atomic E-state index is 7.75. The smallest absolute Gasteiger partial charge is 0.0553 e. The SMILES string of the molecule is CCCCC.CCO.NCCO. The fourth-order valence-electron chi connectivity index (χ4n) is 0.354. The largest absolute Gasteiger partial charge is 0.397 e. The lowest BCUT2D eigenvalue weighted by Gasteiger charge is -1.79. The molecular weight excluding hydrogens is 154 g/mol. The number of aliphatic hydroxyl groups excluding tert-OH is 2. The van der Waals surface area contributed by atoms with Crippen molar-refractivity contribution in [1.82, 2.24) is 0 Å². The Morgan fingerprint density at radius 3 is 1.25 bits per heavy atom. The van der Waals surface area contributed by atoms with Gasteiger partial charge in [0, 0.05) is 13.2 Å². The molecule has 0 atom stereocenters. The van der Waals surface area contributed by atoms with E-state index >= 15 is 0 Å². The summed E-state index contributed by atoms with van der Waals surface area (Å²) < 4.78 is 0. The van der Waals surface area contributed by atoms with E-state index in [4.69, 9.17) is 15.9 Å². The van der Waals surface area contributed by atoms with Crippen molar-refractivity contribution in [2.24, 2.45) is 5.73 Å². The van der Waals surface area contributed by atoms with Crippen LogP contribution >= 0.6 is 0 Å². The third kappa shape index (κ3) is 93.9. The molecule has 0 aromatic heterocycles. The first kappa shape index (κ1) is 17.8. The summed E-state index contributed by atoms with van der Waals surface area (Å²) in [5.41, 5.74) is 4.78. The highest BCUT2D eigenvalue weighted by atomic mass is 16.3. The van der Waals surface area contributed by atoms with Crippen molar-refractivity contribution in [3.63, 3.8) is 0 Å². The molecule has 0 amide bonds. The molecule has 0 fully saturated rings. The zero-order valence-electron chi connectivity index (χ0n) is 8.71. The van der Waals surface area contributed by atoms with Crippen LogP contribution in [-0.4, -0.2) is 30.0 Å². The van der Waals surface area contributed by atoms with Crippen molar-refractivity contribution in [2.75, 3.05) is 19.8 Å². The normalized spacial score (nSPS) is 7.50. The standard InChI is InChI=1S/C5H12.C2H7NO.C2H6O/c1-3-5-4-2;3-1-2-4;1-2-3/h3-5H2,1-2H3;4H,1-3H2;3H,2H2,1H3. The average molecular weight is 179 g/mol. The minimum atomic E-state index is 0.0972. The Kier molecular flexibility index (Phi) is 45.7. The summed E-state index contributed by atoms with van der Waals surface area (Å²) in [6.07, 6.45) is 4.08. The van der Waals surface area contributed by atoms with E-state index in [0.717, 1.165) is 0 Å². The van der Waals surface area contributed by atoms with Crippen molar-refractivity contribution in [2.45, 2.75) is 40.0 Å². The number of nitrogens with two attached hydrogens (primary N) is 1. The van der Waals surface area contributed by atoms with Crippen LogP contribution in [0.1, 0.15) is 40.0 Å². The lowest BCUT2D eigenvalue weighted by atomic mass is 10.3. The van der Waals surface area contributed by atoms with Crippen LogP contribution in [0.15, 0.2) is 0 Å². The Morgan fingerprint density at radius 2 is 1.25 bits per heavy atom. The predicted octanol–water partition coefficient (Wildman–Crippen LogP) is 1.13. The van der Waals surface area contributed by atoms with Gasteiger partial charge in [-0.25, -0.2) is 0 Å². The molecule has 3 nitrogen and oxygen atoms in total. The van der Waals surface area contributed by atoms with Gasteiger partial charge in [-0.05, 0) is 6.92 Å². The van der Waals surface area contributed by atoms with Crippen molar-refractivity contribution in [1.29, 1.82) is 0 Å². The molecule has 0 saturated carbocycles. The molecule has 0 saturated heterocycles. The zero-order valence-corrected chi connectivity index (χ0v) is 8.71. The molecule has 0 spiro atoms. The molecule has 0 aliphatic rings. The van der Waals surface area contributed by atoms with E-state index in [2.05, 4.69) is 13.8 Å². The Labute approximate surface area is 76.6 Å². The molecule has 4 N–H and O–H groups in total. The molecule has 0 unspecified atom stereocenters. The molecule has 0 bridgehead atoms.